The highest BCUT2D eigenvalue weighted by atomic mass is 16.7. The molecule has 2 aromatic rings. The fraction of sp³-hybridized carbons (Fsp3) is 0.118. The van der Waals surface area contributed by atoms with Gasteiger partial charge in [-0.05, 0) is 41.3 Å². The molecular formula is C17H14O4. The molecule has 0 spiro atoms. The molecule has 0 aromatic heterocycles. The van der Waals surface area contributed by atoms with Gasteiger partial charge in [-0.15, -0.1) is 0 Å². The van der Waals surface area contributed by atoms with Gasteiger partial charge in [0.1, 0.15) is 0 Å². The summed E-state index contributed by atoms with van der Waals surface area (Å²) in [5.74, 6) is 0.571. The predicted octanol–water partition coefficient (Wildman–Crippen LogP) is 3.57. The van der Waals surface area contributed by atoms with E-state index >= 15 is 0 Å². The van der Waals surface area contributed by atoms with Crippen molar-refractivity contribution in [3.8, 4) is 22.6 Å². The van der Waals surface area contributed by atoms with Crippen LogP contribution in [0.4, 0.5) is 0 Å². The van der Waals surface area contributed by atoms with Crippen LogP contribution in [-0.2, 0) is 4.79 Å². The number of carbonyl (C=O) groups is 1. The Labute approximate surface area is 122 Å². The van der Waals surface area contributed by atoms with Crippen LogP contribution in [0.1, 0.15) is 12.5 Å². The molecule has 0 unspecified atom stereocenters. The largest absolute Gasteiger partial charge is 0.478 e. The summed E-state index contributed by atoms with van der Waals surface area (Å²) in [7, 11) is 0. The average molecular weight is 282 g/mol. The van der Waals surface area contributed by atoms with E-state index in [-0.39, 0.29) is 6.79 Å². The number of carboxylic acids is 1. The Balaban J connectivity index is 1.89. The molecule has 4 nitrogen and oxygen atoms in total. The number of rotatable bonds is 3. The van der Waals surface area contributed by atoms with Gasteiger partial charge in [0.25, 0.3) is 0 Å². The van der Waals surface area contributed by atoms with E-state index in [2.05, 4.69) is 0 Å². The van der Waals surface area contributed by atoms with E-state index in [9.17, 15) is 4.79 Å². The molecule has 1 aliphatic rings. The summed E-state index contributed by atoms with van der Waals surface area (Å²) in [6.07, 6.45) is 1.20. The number of hydrogen-bond acceptors (Lipinski definition) is 3. The number of carboxylic acid groups (broad SMARTS) is 1. The minimum Gasteiger partial charge on any atom is -0.478 e. The minimum absolute atomic E-state index is 0.261. The highest BCUT2D eigenvalue weighted by Crippen LogP contribution is 2.36. The quantitative estimate of drug-likeness (QED) is 0.874. The first-order valence-corrected chi connectivity index (χ1v) is 6.55. The smallest absolute Gasteiger partial charge is 0.328 e. The molecule has 21 heavy (non-hydrogen) atoms. The lowest BCUT2D eigenvalue weighted by Gasteiger charge is -2.06. The third-order valence-electron chi connectivity index (χ3n) is 3.39. The molecule has 1 aliphatic heterocycles. The molecule has 4 heteroatoms. The van der Waals surface area contributed by atoms with Crippen molar-refractivity contribution in [2.75, 3.05) is 6.79 Å². The van der Waals surface area contributed by atoms with Crippen LogP contribution in [0.5, 0.6) is 11.5 Å². The summed E-state index contributed by atoms with van der Waals surface area (Å²) in [5.41, 5.74) is 3.69. The van der Waals surface area contributed by atoms with E-state index < -0.39 is 5.97 Å². The normalized spacial score (nSPS) is 13.3. The number of ether oxygens (including phenoxy) is 2. The molecule has 0 bridgehead atoms. The minimum atomic E-state index is -0.938. The fourth-order valence-corrected chi connectivity index (χ4v) is 2.27. The number of benzene rings is 2. The van der Waals surface area contributed by atoms with Crippen molar-refractivity contribution in [3.05, 3.63) is 54.1 Å². The molecule has 0 radical (unpaired) electrons. The molecule has 1 N–H and O–H groups in total. The zero-order valence-electron chi connectivity index (χ0n) is 11.5. The second-order valence-corrected chi connectivity index (χ2v) is 4.81. The van der Waals surface area contributed by atoms with Crippen molar-refractivity contribution in [3.63, 3.8) is 0 Å². The van der Waals surface area contributed by atoms with Crippen LogP contribution >= 0.6 is 0 Å². The highest BCUT2D eigenvalue weighted by Gasteiger charge is 2.13. The second kappa shape index (κ2) is 5.32. The second-order valence-electron chi connectivity index (χ2n) is 4.81. The molecule has 0 aliphatic carbocycles. The van der Waals surface area contributed by atoms with Crippen LogP contribution in [0.3, 0.4) is 0 Å². The van der Waals surface area contributed by atoms with Crippen molar-refractivity contribution < 1.29 is 19.4 Å². The first-order valence-electron chi connectivity index (χ1n) is 6.55. The Morgan fingerprint density at radius 3 is 2.43 bits per heavy atom. The Kier molecular flexibility index (Phi) is 3.36. The summed E-state index contributed by atoms with van der Waals surface area (Å²) in [4.78, 5) is 10.7. The Bertz CT molecular complexity index is 714. The van der Waals surface area contributed by atoms with Crippen LogP contribution < -0.4 is 9.47 Å². The first-order chi connectivity index (χ1) is 10.1. The van der Waals surface area contributed by atoms with E-state index in [1.54, 1.807) is 6.92 Å². The third-order valence-corrected chi connectivity index (χ3v) is 3.39. The number of allylic oxidation sites excluding steroid dienone is 1. The van der Waals surface area contributed by atoms with Gasteiger partial charge < -0.3 is 14.6 Å². The molecule has 0 atom stereocenters. The molecule has 0 fully saturated rings. The van der Waals surface area contributed by atoms with Crippen molar-refractivity contribution in [1.29, 1.82) is 0 Å². The predicted molar refractivity (Wildman–Crippen MR) is 79.3 cm³/mol. The monoisotopic (exact) mass is 282 g/mol. The summed E-state index contributed by atoms with van der Waals surface area (Å²) in [5, 5.41) is 8.77. The van der Waals surface area contributed by atoms with Gasteiger partial charge in [-0.1, -0.05) is 30.3 Å². The average Bonchev–Trinajstić information content (AvgIpc) is 2.94. The van der Waals surface area contributed by atoms with Gasteiger partial charge in [-0.25, -0.2) is 4.79 Å². The van der Waals surface area contributed by atoms with Gasteiger partial charge in [0.05, 0.1) is 0 Å². The lowest BCUT2D eigenvalue weighted by Crippen LogP contribution is -1.92. The highest BCUT2D eigenvalue weighted by molar-refractivity contribution is 5.89. The van der Waals surface area contributed by atoms with Crippen molar-refractivity contribution in [1.82, 2.24) is 0 Å². The van der Waals surface area contributed by atoms with Crippen molar-refractivity contribution in [2.45, 2.75) is 6.92 Å². The lowest BCUT2D eigenvalue weighted by molar-refractivity contribution is -0.131. The molecule has 1 heterocycles. The maximum Gasteiger partial charge on any atom is 0.328 e. The molecular weight excluding hydrogens is 268 g/mol. The van der Waals surface area contributed by atoms with E-state index in [4.69, 9.17) is 14.6 Å². The van der Waals surface area contributed by atoms with E-state index in [0.717, 1.165) is 33.8 Å². The maximum atomic E-state index is 10.7. The maximum absolute atomic E-state index is 10.7. The summed E-state index contributed by atoms with van der Waals surface area (Å²) < 4.78 is 10.7. The van der Waals surface area contributed by atoms with Crippen LogP contribution in [0.25, 0.3) is 16.7 Å². The lowest BCUT2D eigenvalue weighted by atomic mass is 10.0. The molecule has 0 saturated heterocycles. The standard InChI is InChI=1S/C17H14O4/c1-11(8-17(18)19)12-2-4-13(5-3-12)14-6-7-15-16(9-14)21-10-20-15/h2-9H,10H2,1H3,(H,18,19)/b11-8+. The van der Waals surface area contributed by atoms with Gasteiger partial charge in [0, 0.05) is 6.08 Å². The van der Waals surface area contributed by atoms with E-state index in [1.807, 2.05) is 42.5 Å². The van der Waals surface area contributed by atoms with E-state index in [0.29, 0.717) is 0 Å². The number of hydrogen-bond donors (Lipinski definition) is 1. The van der Waals surface area contributed by atoms with Gasteiger partial charge in [-0.3, -0.25) is 0 Å². The Morgan fingerprint density at radius 2 is 1.71 bits per heavy atom. The van der Waals surface area contributed by atoms with Gasteiger partial charge in [-0.2, -0.15) is 0 Å². The van der Waals surface area contributed by atoms with Gasteiger partial charge in [0.15, 0.2) is 11.5 Å². The number of aliphatic carboxylic acids is 1. The zero-order chi connectivity index (χ0) is 14.8. The third kappa shape index (κ3) is 2.74. The summed E-state index contributed by atoms with van der Waals surface area (Å²) >= 11 is 0. The summed E-state index contributed by atoms with van der Waals surface area (Å²) in [6, 6.07) is 13.6. The molecule has 106 valence electrons. The SMILES string of the molecule is C/C(=C\C(=O)O)c1ccc(-c2ccc3c(c2)OCO3)cc1. The van der Waals surface area contributed by atoms with Crippen molar-refractivity contribution >= 4 is 11.5 Å². The summed E-state index contributed by atoms with van der Waals surface area (Å²) in [6.45, 7) is 2.04. The van der Waals surface area contributed by atoms with Crippen LogP contribution in [0.2, 0.25) is 0 Å². The topological polar surface area (TPSA) is 55.8 Å². The fourth-order valence-electron chi connectivity index (χ4n) is 2.27. The Hall–Kier alpha value is -2.75. The van der Waals surface area contributed by atoms with Crippen LogP contribution in [0, 0.1) is 0 Å². The molecule has 0 amide bonds. The Morgan fingerprint density at radius 1 is 1.05 bits per heavy atom. The molecule has 2 aromatic carbocycles. The van der Waals surface area contributed by atoms with Gasteiger partial charge in [0.2, 0.25) is 6.79 Å². The number of fused-ring (bicyclic) bond motifs is 1. The molecule has 3 rings (SSSR count). The first kappa shape index (κ1) is 13.2. The van der Waals surface area contributed by atoms with Crippen LogP contribution in [-0.4, -0.2) is 17.9 Å². The molecule has 0 saturated carbocycles. The van der Waals surface area contributed by atoms with Crippen molar-refractivity contribution in [2.24, 2.45) is 0 Å². The van der Waals surface area contributed by atoms with Gasteiger partial charge >= 0.3 is 5.97 Å². The van der Waals surface area contributed by atoms with E-state index in [1.165, 1.54) is 6.08 Å². The van der Waals surface area contributed by atoms with Crippen LogP contribution in [0.15, 0.2) is 48.5 Å². The zero-order valence-corrected chi connectivity index (χ0v) is 11.5.